The number of nitriles is 1. The van der Waals surface area contributed by atoms with Crippen molar-refractivity contribution in [3.05, 3.63) is 35.4 Å². The van der Waals surface area contributed by atoms with Crippen molar-refractivity contribution < 1.29 is 8.78 Å². The summed E-state index contributed by atoms with van der Waals surface area (Å²) in [5.74, 6) is -2.25. The first-order valence-electron chi connectivity index (χ1n) is 2.51. The molecule has 0 aromatic heterocycles. The Morgan fingerprint density at radius 1 is 1.50 bits per heavy atom. The lowest BCUT2D eigenvalue weighted by molar-refractivity contribution is 0.505. The van der Waals surface area contributed by atoms with E-state index in [-0.39, 0.29) is 5.56 Å². The van der Waals surface area contributed by atoms with E-state index in [4.69, 9.17) is 5.26 Å². The Kier molecular flexibility index (Phi) is 1.63. The molecule has 0 aliphatic heterocycles. The van der Waals surface area contributed by atoms with E-state index >= 15 is 0 Å². The lowest BCUT2D eigenvalue weighted by Gasteiger charge is -1.90. The molecule has 0 fully saturated rings. The minimum absolute atomic E-state index is 0.295. The molecule has 1 radical (unpaired) electrons. The molecule has 0 saturated carbocycles. The van der Waals surface area contributed by atoms with Gasteiger partial charge in [-0.15, -0.1) is 0 Å². The van der Waals surface area contributed by atoms with E-state index in [1.165, 1.54) is 12.1 Å². The predicted molar refractivity (Wildman–Crippen MR) is 29.9 cm³/mol. The second-order valence-electron chi connectivity index (χ2n) is 1.63. The van der Waals surface area contributed by atoms with Crippen molar-refractivity contribution in [1.82, 2.24) is 0 Å². The smallest absolute Gasteiger partial charge is 0.177 e. The quantitative estimate of drug-likeness (QED) is 0.534. The molecule has 1 aromatic rings. The van der Waals surface area contributed by atoms with Gasteiger partial charge in [0.05, 0.1) is 5.56 Å². The second-order valence-corrected chi connectivity index (χ2v) is 1.63. The third-order valence-electron chi connectivity index (χ3n) is 1.01. The Morgan fingerprint density at radius 2 is 2.20 bits per heavy atom. The fourth-order valence-corrected chi connectivity index (χ4v) is 0.539. The third-order valence-corrected chi connectivity index (χ3v) is 1.01. The van der Waals surface area contributed by atoms with Crippen molar-refractivity contribution in [3.63, 3.8) is 0 Å². The number of nitrogens with zero attached hydrogens (tertiary/aromatic N) is 1. The molecule has 0 aliphatic carbocycles. The van der Waals surface area contributed by atoms with E-state index in [0.717, 1.165) is 6.07 Å². The first-order chi connectivity index (χ1) is 4.75. The van der Waals surface area contributed by atoms with E-state index in [1.54, 1.807) is 0 Å². The Bertz CT molecular complexity index is 288. The van der Waals surface area contributed by atoms with Crippen LogP contribution in [0.1, 0.15) is 5.56 Å². The van der Waals surface area contributed by atoms with Gasteiger partial charge in [0.2, 0.25) is 0 Å². The highest BCUT2D eigenvalue weighted by molar-refractivity contribution is 5.29. The molecule has 1 rings (SSSR count). The van der Waals surface area contributed by atoms with E-state index in [0.29, 0.717) is 0 Å². The van der Waals surface area contributed by atoms with Crippen LogP contribution >= 0.6 is 0 Å². The Hall–Kier alpha value is -1.43. The minimum atomic E-state index is -1.13. The number of hydrogen-bond donors (Lipinski definition) is 0. The van der Waals surface area contributed by atoms with Crippen LogP contribution < -0.4 is 0 Å². The predicted octanol–water partition coefficient (Wildman–Crippen LogP) is 1.64. The van der Waals surface area contributed by atoms with Gasteiger partial charge in [0, 0.05) is 6.07 Å². The van der Waals surface area contributed by atoms with Crippen LogP contribution in [0.4, 0.5) is 8.78 Å². The molecule has 0 spiro atoms. The number of hydrogen-bond acceptors (Lipinski definition) is 1. The Balaban J connectivity index is 3.31. The molecule has 0 atom stereocenters. The van der Waals surface area contributed by atoms with Crippen molar-refractivity contribution in [2.75, 3.05) is 0 Å². The summed E-state index contributed by atoms with van der Waals surface area (Å²) < 4.78 is 24.6. The largest absolute Gasteiger partial charge is 0.203 e. The Morgan fingerprint density at radius 3 is 2.70 bits per heavy atom. The second kappa shape index (κ2) is 2.44. The summed E-state index contributed by atoms with van der Waals surface area (Å²) in [5.41, 5.74) is -0.295. The fourth-order valence-electron chi connectivity index (χ4n) is 0.539. The molecule has 0 unspecified atom stereocenters. The van der Waals surface area contributed by atoms with E-state index in [2.05, 4.69) is 0 Å². The summed E-state index contributed by atoms with van der Waals surface area (Å²) in [6.45, 7) is 0. The van der Waals surface area contributed by atoms with Gasteiger partial charge in [-0.3, -0.25) is 0 Å². The molecule has 0 bridgehead atoms. The van der Waals surface area contributed by atoms with Gasteiger partial charge in [-0.25, -0.2) is 8.78 Å². The number of rotatable bonds is 0. The van der Waals surface area contributed by atoms with Crippen LogP contribution in [0.15, 0.2) is 12.1 Å². The summed E-state index contributed by atoms with van der Waals surface area (Å²) in [5, 5.41) is 8.17. The van der Waals surface area contributed by atoms with E-state index in [9.17, 15) is 8.78 Å². The van der Waals surface area contributed by atoms with E-state index < -0.39 is 11.6 Å². The van der Waals surface area contributed by atoms with Crippen LogP contribution in [0.2, 0.25) is 0 Å². The standard InChI is InChI=1S/C7H2F2N/c8-6-3-1-2-5(4-10)7(6)9/h1-2H. The first-order valence-corrected chi connectivity index (χ1v) is 2.51. The van der Waals surface area contributed by atoms with Gasteiger partial charge in [-0.05, 0) is 12.1 Å². The molecule has 0 aliphatic rings. The highest BCUT2D eigenvalue weighted by atomic mass is 19.2. The van der Waals surface area contributed by atoms with E-state index in [1.807, 2.05) is 6.07 Å². The lowest BCUT2D eigenvalue weighted by atomic mass is 10.2. The summed E-state index contributed by atoms with van der Waals surface area (Å²) >= 11 is 0. The van der Waals surface area contributed by atoms with Gasteiger partial charge < -0.3 is 0 Å². The normalized spacial score (nSPS) is 8.90. The van der Waals surface area contributed by atoms with Crippen molar-refractivity contribution in [3.8, 4) is 6.07 Å². The fraction of sp³-hybridized carbons (Fsp3) is 0. The maximum absolute atomic E-state index is 12.4. The molecule has 0 heterocycles. The zero-order chi connectivity index (χ0) is 7.56. The summed E-state index contributed by atoms with van der Waals surface area (Å²) in [6.07, 6.45) is 0. The molecular weight excluding hydrogens is 136 g/mol. The number of halogens is 2. The topological polar surface area (TPSA) is 23.8 Å². The van der Waals surface area contributed by atoms with Crippen LogP contribution in [0.5, 0.6) is 0 Å². The molecule has 1 nitrogen and oxygen atoms in total. The molecule has 0 amide bonds. The van der Waals surface area contributed by atoms with Crippen molar-refractivity contribution in [1.29, 1.82) is 5.26 Å². The lowest BCUT2D eigenvalue weighted by Crippen LogP contribution is -1.87. The van der Waals surface area contributed by atoms with Crippen LogP contribution in [0, 0.1) is 29.0 Å². The SMILES string of the molecule is N#Cc1cc[c]c(F)c1F. The zero-order valence-corrected chi connectivity index (χ0v) is 4.86. The van der Waals surface area contributed by atoms with Crippen LogP contribution in [-0.2, 0) is 0 Å². The average Bonchev–Trinajstić information content (AvgIpc) is 1.95. The first kappa shape index (κ1) is 6.69. The third kappa shape index (κ3) is 0.960. The Labute approximate surface area is 56.5 Å². The monoisotopic (exact) mass is 138 g/mol. The summed E-state index contributed by atoms with van der Waals surface area (Å²) in [6, 6.07) is 5.81. The molecule has 0 N–H and O–H groups in total. The highest BCUT2D eigenvalue weighted by Gasteiger charge is 2.05. The summed E-state index contributed by atoms with van der Waals surface area (Å²) in [4.78, 5) is 0. The number of benzene rings is 1. The van der Waals surface area contributed by atoms with Gasteiger partial charge in [0.15, 0.2) is 11.6 Å². The molecule has 3 heteroatoms. The van der Waals surface area contributed by atoms with Gasteiger partial charge >= 0.3 is 0 Å². The minimum Gasteiger partial charge on any atom is -0.203 e. The molecule has 0 saturated heterocycles. The average molecular weight is 138 g/mol. The van der Waals surface area contributed by atoms with Crippen LogP contribution in [0.3, 0.4) is 0 Å². The zero-order valence-electron chi connectivity index (χ0n) is 4.86. The molecule has 10 heavy (non-hydrogen) atoms. The van der Waals surface area contributed by atoms with Gasteiger partial charge in [-0.2, -0.15) is 5.26 Å². The molecule has 1 aromatic carbocycles. The van der Waals surface area contributed by atoms with Crippen molar-refractivity contribution in [2.45, 2.75) is 0 Å². The van der Waals surface area contributed by atoms with Crippen LogP contribution in [-0.4, -0.2) is 0 Å². The maximum Gasteiger partial charge on any atom is 0.177 e. The highest BCUT2D eigenvalue weighted by Crippen LogP contribution is 2.08. The maximum atomic E-state index is 12.4. The summed E-state index contributed by atoms with van der Waals surface area (Å²) in [7, 11) is 0. The van der Waals surface area contributed by atoms with Gasteiger partial charge in [0.25, 0.3) is 0 Å². The molecule has 49 valence electrons. The van der Waals surface area contributed by atoms with Crippen molar-refractivity contribution in [2.24, 2.45) is 0 Å². The van der Waals surface area contributed by atoms with Crippen LogP contribution in [0.25, 0.3) is 0 Å². The van der Waals surface area contributed by atoms with Gasteiger partial charge in [-0.1, -0.05) is 0 Å². The van der Waals surface area contributed by atoms with Crippen molar-refractivity contribution >= 4 is 0 Å². The van der Waals surface area contributed by atoms with Gasteiger partial charge in [0.1, 0.15) is 6.07 Å². The molecular formula is C7H2F2N.